The minimum atomic E-state index is -4.84. The number of ether oxygens (including phenoxy) is 2. The van der Waals surface area contributed by atoms with Crippen LogP contribution in [0.2, 0.25) is 0 Å². The van der Waals surface area contributed by atoms with Crippen molar-refractivity contribution in [3.63, 3.8) is 0 Å². The van der Waals surface area contributed by atoms with Crippen molar-refractivity contribution >= 4 is 5.82 Å². The number of hydrogen-bond acceptors (Lipinski definition) is 6. The van der Waals surface area contributed by atoms with Crippen LogP contribution >= 0.6 is 0 Å². The van der Waals surface area contributed by atoms with Gasteiger partial charge in [-0.05, 0) is 57.7 Å². The summed E-state index contributed by atoms with van der Waals surface area (Å²) in [5, 5.41) is 4.72. The van der Waals surface area contributed by atoms with Gasteiger partial charge in [-0.3, -0.25) is 4.68 Å². The molecule has 2 saturated carbocycles. The van der Waals surface area contributed by atoms with Crippen molar-refractivity contribution in [2.45, 2.75) is 51.1 Å². The normalized spacial score (nSPS) is 27.2. The first kappa shape index (κ1) is 22.5. The highest BCUT2D eigenvalue weighted by Crippen LogP contribution is 2.64. The van der Waals surface area contributed by atoms with Crippen molar-refractivity contribution in [2.75, 3.05) is 32.5 Å². The molecule has 1 unspecified atom stereocenters. The van der Waals surface area contributed by atoms with Gasteiger partial charge >= 0.3 is 6.36 Å². The summed E-state index contributed by atoms with van der Waals surface area (Å²) in [6.45, 7) is 6.97. The SMILES string of the molecule is CC(C)n1nc(-c2cnc(N)c(OC(F)(F)F)c2)cc1[C@H]1[C@@H]2CC(N(C)CC3COC3)C[C@@H]21. The van der Waals surface area contributed by atoms with Crippen LogP contribution in [0.1, 0.15) is 44.3 Å². The Bertz CT molecular complexity index is 1010. The lowest BCUT2D eigenvalue weighted by atomic mass is 10.0. The minimum absolute atomic E-state index is 0.139. The summed E-state index contributed by atoms with van der Waals surface area (Å²) in [7, 11) is 2.22. The van der Waals surface area contributed by atoms with Crippen LogP contribution in [0.3, 0.4) is 0 Å². The van der Waals surface area contributed by atoms with E-state index in [0.717, 1.165) is 25.5 Å². The van der Waals surface area contributed by atoms with Crippen molar-refractivity contribution in [3.8, 4) is 17.0 Å². The molecule has 2 aliphatic carbocycles. The number of aromatic nitrogens is 3. The molecule has 4 atom stereocenters. The molecule has 0 aromatic carbocycles. The van der Waals surface area contributed by atoms with Gasteiger partial charge in [-0.2, -0.15) is 5.10 Å². The summed E-state index contributed by atoms with van der Waals surface area (Å²) >= 11 is 0. The molecule has 2 N–H and O–H groups in total. The average Bonchev–Trinajstić information content (AvgIpc) is 3.07. The van der Waals surface area contributed by atoms with Crippen LogP contribution in [0.4, 0.5) is 19.0 Å². The zero-order valence-corrected chi connectivity index (χ0v) is 19.0. The monoisotopic (exact) mass is 465 g/mol. The molecule has 2 aromatic rings. The van der Waals surface area contributed by atoms with Gasteiger partial charge in [0.05, 0.1) is 18.9 Å². The van der Waals surface area contributed by atoms with E-state index in [4.69, 9.17) is 15.6 Å². The lowest BCUT2D eigenvalue weighted by Crippen LogP contribution is -2.42. The fourth-order valence-electron chi connectivity index (χ4n) is 5.57. The smallest absolute Gasteiger partial charge is 0.402 e. The van der Waals surface area contributed by atoms with Crippen LogP contribution in [0, 0.1) is 17.8 Å². The fourth-order valence-corrected chi connectivity index (χ4v) is 5.57. The van der Waals surface area contributed by atoms with Crippen molar-refractivity contribution in [1.82, 2.24) is 19.7 Å². The van der Waals surface area contributed by atoms with E-state index >= 15 is 0 Å². The third-order valence-corrected chi connectivity index (χ3v) is 7.30. The molecule has 0 radical (unpaired) electrons. The first-order chi connectivity index (χ1) is 15.6. The van der Waals surface area contributed by atoms with Gasteiger partial charge in [0.25, 0.3) is 0 Å². The van der Waals surface area contributed by atoms with E-state index in [2.05, 4.69) is 35.5 Å². The highest BCUT2D eigenvalue weighted by atomic mass is 19.4. The lowest BCUT2D eigenvalue weighted by molar-refractivity contribution is -0.274. The second kappa shape index (κ2) is 8.16. The summed E-state index contributed by atoms with van der Waals surface area (Å²) < 4.78 is 49.5. The number of nitrogens with two attached hydrogens (primary N) is 1. The lowest BCUT2D eigenvalue weighted by Gasteiger charge is -2.34. The molecule has 33 heavy (non-hydrogen) atoms. The van der Waals surface area contributed by atoms with Crippen LogP contribution < -0.4 is 10.5 Å². The number of pyridine rings is 1. The molecule has 2 aromatic heterocycles. The Morgan fingerprint density at radius 2 is 1.94 bits per heavy atom. The molecule has 0 amide bonds. The first-order valence-electron chi connectivity index (χ1n) is 11.5. The molecule has 10 heteroatoms. The van der Waals surface area contributed by atoms with Crippen molar-refractivity contribution < 1.29 is 22.6 Å². The van der Waals surface area contributed by atoms with Gasteiger partial charge in [0.2, 0.25) is 0 Å². The van der Waals surface area contributed by atoms with E-state index in [1.165, 1.54) is 25.1 Å². The van der Waals surface area contributed by atoms with Crippen molar-refractivity contribution in [2.24, 2.45) is 17.8 Å². The maximum Gasteiger partial charge on any atom is 0.573 e. The summed E-state index contributed by atoms with van der Waals surface area (Å²) in [5.41, 5.74) is 7.78. The van der Waals surface area contributed by atoms with E-state index in [1.807, 2.05) is 10.7 Å². The molecule has 0 bridgehead atoms. The summed E-state index contributed by atoms with van der Waals surface area (Å²) in [6.07, 6.45) is -1.05. The number of hydrogen-bond donors (Lipinski definition) is 1. The number of nitrogens with zero attached hydrogens (tertiary/aromatic N) is 4. The van der Waals surface area contributed by atoms with E-state index < -0.39 is 12.1 Å². The highest BCUT2D eigenvalue weighted by Gasteiger charge is 2.58. The van der Waals surface area contributed by atoms with Gasteiger partial charge in [-0.25, -0.2) is 4.98 Å². The highest BCUT2D eigenvalue weighted by molar-refractivity contribution is 5.64. The molecule has 180 valence electrons. The topological polar surface area (TPSA) is 78.4 Å². The average molecular weight is 466 g/mol. The van der Waals surface area contributed by atoms with Crippen LogP contribution in [0.15, 0.2) is 18.3 Å². The second-order valence-corrected chi connectivity index (χ2v) is 9.97. The third kappa shape index (κ3) is 4.42. The Labute approximate surface area is 191 Å². The van der Waals surface area contributed by atoms with E-state index in [1.54, 1.807) is 0 Å². The quantitative estimate of drug-likeness (QED) is 0.664. The molecule has 1 saturated heterocycles. The number of halogens is 3. The molecular formula is C23H30F3N5O2. The fraction of sp³-hybridized carbons (Fsp3) is 0.652. The van der Waals surface area contributed by atoms with E-state index in [9.17, 15) is 13.2 Å². The molecular weight excluding hydrogens is 435 g/mol. The maximum atomic E-state index is 12.7. The van der Waals surface area contributed by atoms with Crippen LogP contribution in [0.25, 0.3) is 11.3 Å². The summed E-state index contributed by atoms with van der Waals surface area (Å²) in [4.78, 5) is 6.38. The maximum absolute atomic E-state index is 12.7. The largest absolute Gasteiger partial charge is 0.573 e. The van der Waals surface area contributed by atoms with Gasteiger partial charge in [-0.15, -0.1) is 13.2 Å². The number of anilines is 1. The Morgan fingerprint density at radius 3 is 2.52 bits per heavy atom. The first-order valence-corrected chi connectivity index (χ1v) is 11.5. The van der Waals surface area contributed by atoms with Crippen LogP contribution in [-0.4, -0.2) is 58.9 Å². The predicted molar refractivity (Wildman–Crippen MR) is 117 cm³/mol. The van der Waals surface area contributed by atoms with Crippen LogP contribution in [-0.2, 0) is 4.74 Å². The Hall–Kier alpha value is -2.33. The standard InChI is InChI=1S/C23H30F3N5O2/c1-12(2)31-19(21-16-5-15(6-17(16)21)30(3)9-13-10-32-11-13)7-18(29-31)14-4-20(22(27)28-8-14)33-23(24,25)26/h4,7-8,12-13,15-17,21H,5-6,9-11H2,1-3H3,(H2,27,28)/t15?,16-,17+,21+. The van der Waals surface area contributed by atoms with Crippen molar-refractivity contribution in [1.29, 1.82) is 0 Å². The molecule has 7 nitrogen and oxygen atoms in total. The molecule has 3 fully saturated rings. The van der Waals surface area contributed by atoms with Gasteiger partial charge < -0.3 is 20.1 Å². The summed E-state index contributed by atoms with van der Waals surface area (Å²) in [5.74, 6) is 1.55. The Kier molecular flexibility index (Phi) is 5.55. The molecule has 3 heterocycles. The van der Waals surface area contributed by atoms with E-state index in [-0.39, 0.29) is 11.9 Å². The number of rotatable bonds is 7. The molecule has 5 rings (SSSR count). The third-order valence-electron chi connectivity index (χ3n) is 7.30. The van der Waals surface area contributed by atoms with E-state index in [0.29, 0.717) is 41.0 Å². The molecule has 3 aliphatic rings. The van der Waals surface area contributed by atoms with Crippen LogP contribution in [0.5, 0.6) is 5.75 Å². The molecule has 1 aliphatic heterocycles. The van der Waals surface area contributed by atoms with Gasteiger partial charge in [-0.1, -0.05) is 0 Å². The van der Waals surface area contributed by atoms with Gasteiger partial charge in [0, 0.05) is 47.9 Å². The number of alkyl halides is 3. The number of nitrogen functional groups attached to an aromatic ring is 1. The zero-order chi connectivity index (χ0) is 23.5. The van der Waals surface area contributed by atoms with Crippen molar-refractivity contribution in [3.05, 3.63) is 24.0 Å². The molecule has 0 spiro atoms. The second-order valence-electron chi connectivity index (χ2n) is 9.97. The van der Waals surface area contributed by atoms with Gasteiger partial charge in [0.15, 0.2) is 11.6 Å². The minimum Gasteiger partial charge on any atom is -0.402 e. The predicted octanol–water partition coefficient (Wildman–Crippen LogP) is 4.08. The zero-order valence-electron chi connectivity index (χ0n) is 19.0. The Balaban J connectivity index is 1.33. The van der Waals surface area contributed by atoms with Gasteiger partial charge in [0.1, 0.15) is 0 Å². The summed E-state index contributed by atoms with van der Waals surface area (Å²) in [6, 6.07) is 4.00. The Morgan fingerprint density at radius 1 is 1.24 bits per heavy atom. The number of fused-ring (bicyclic) bond motifs is 1.